The summed E-state index contributed by atoms with van der Waals surface area (Å²) in [6.07, 6.45) is 0. The lowest BCUT2D eigenvalue weighted by Gasteiger charge is -2.44. The van der Waals surface area contributed by atoms with Gasteiger partial charge in [-0.3, -0.25) is 0 Å². The van der Waals surface area contributed by atoms with Gasteiger partial charge in [0.15, 0.2) is 0 Å². The number of nitrogens with zero attached hydrogens (tertiary/aromatic N) is 3. The Bertz CT molecular complexity index is 2980. The van der Waals surface area contributed by atoms with Crippen molar-refractivity contribution in [3.05, 3.63) is 193 Å². The second kappa shape index (κ2) is 11.1. The highest BCUT2D eigenvalue weighted by Gasteiger charge is 2.48. The highest BCUT2D eigenvalue weighted by Crippen LogP contribution is 2.58. The molecule has 3 aliphatic rings. The van der Waals surface area contributed by atoms with Gasteiger partial charge in [0.2, 0.25) is 0 Å². The van der Waals surface area contributed by atoms with Crippen LogP contribution in [0.2, 0.25) is 0 Å². The molecule has 55 heavy (non-hydrogen) atoms. The van der Waals surface area contributed by atoms with Crippen LogP contribution in [0.25, 0.3) is 49.7 Å². The van der Waals surface area contributed by atoms with Crippen molar-refractivity contribution >= 4 is 68.0 Å². The summed E-state index contributed by atoms with van der Waals surface area (Å²) in [5, 5.41) is 2.53. The summed E-state index contributed by atoms with van der Waals surface area (Å²) >= 11 is 0. The summed E-state index contributed by atoms with van der Waals surface area (Å²) < 4.78 is 2.57. The third kappa shape index (κ3) is 4.01. The second-order valence-corrected chi connectivity index (χ2v) is 15.7. The van der Waals surface area contributed by atoms with Crippen LogP contribution in [0.5, 0.6) is 0 Å². The fourth-order valence-corrected chi connectivity index (χ4v) is 10.4. The molecular weight excluding hydrogens is 665 g/mol. The largest absolute Gasteiger partial charge is 0.376 e. The first kappa shape index (κ1) is 30.7. The van der Waals surface area contributed by atoms with Gasteiger partial charge in [-0.25, -0.2) is 0 Å². The molecule has 0 fully saturated rings. The van der Waals surface area contributed by atoms with Crippen molar-refractivity contribution in [3.8, 4) is 27.9 Å². The molecule has 1 aromatic heterocycles. The van der Waals surface area contributed by atoms with Crippen LogP contribution in [0.3, 0.4) is 0 Å². The number of benzene rings is 8. The normalized spacial score (nSPS) is 14.1. The van der Waals surface area contributed by atoms with Crippen LogP contribution in [0.4, 0.5) is 28.4 Å². The molecule has 12 rings (SSSR count). The average Bonchev–Trinajstić information content (AvgIpc) is 3.71. The van der Waals surface area contributed by atoms with Gasteiger partial charge < -0.3 is 14.3 Å². The Labute approximate surface area is 321 Å². The number of hydrogen-bond acceptors (Lipinski definition) is 2. The molecule has 1 aliphatic carbocycles. The number of para-hydroxylation sites is 5. The Morgan fingerprint density at radius 3 is 1.95 bits per heavy atom. The van der Waals surface area contributed by atoms with Crippen LogP contribution in [0, 0.1) is 0 Å². The first-order valence-corrected chi connectivity index (χ1v) is 19.3. The molecule has 0 amide bonds. The number of anilines is 5. The minimum Gasteiger partial charge on any atom is -0.376 e. The highest BCUT2D eigenvalue weighted by atomic mass is 15.2. The fraction of sp³-hybridized carbons (Fsp3) is 0.0588. The molecule has 3 heterocycles. The van der Waals surface area contributed by atoms with Crippen molar-refractivity contribution in [2.75, 3.05) is 9.71 Å². The Hall–Kier alpha value is -6.78. The zero-order valence-corrected chi connectivity index (χ0v) is 30.7. The Kier molecular flexibility index (Phi) is 6.20. The minimum atomic E-state index is -0.216. The third-order valence-corrected chi connectivity index (χ3v) is 12.5. The van der Waals surface area contributed by atoms with Gasteiger partial charge >= 0.3 is 6.85 Å². The average molecular weight is 702 g/mol. The third-order valence-electron chi connectivity index (χ3n) is 12.5. The molecule has 0 saturated heterocycles. The number of rotatable bonds is 4. The van der Waals surface area contributed by atoms with E-state index in [0.29, 0.717) is 0 Å². The number of hydrogen-bond donors (Lipinski definition) is 0. The first-order valence-electron chi connectivity index (χ1n) is 19.3. The molecule has 2 aliphatic heterocycles. The molecule has 0 spiro atoms. The van der Waals surface area contributed by atoms with Crippen LogP contribution < -0.4 is 20.6 Å². The van der Waals surface area contributed by atoms with Crippen LogP contribution in [0.1, 0.15) is 25.0 Å². The summed E-state index contributed by atoms with van der Waals surface area (Å²) in [5.74, 6) is 0. The molecule has 0 bridgehead atoms. The molecule has 0 unspecified atom stereocenters. The van der Waals surface area contributed by atoms with E-state index in [1.807, 2.05) is 0 Å². The highest BCUT2D eigenvalue weighted by molar-refractivity contribution is 6.93. The van der Waals surface area contributed by atoms with E-state index in [2.05, 4.69) is 210 Å². The second-order valence-electron chi connectivity index (χ2n) is 15.7. The lowest BCUT2D eigenvalue weighted by Crippen LogP contribution is -2.60. The van der Waals surface area contributed by atoms with Crippen LogP contribution in [-0.4, -0.2) is 11.4 Å². The smallest absolute Gasteiger partial charge is 0.333 e. The molecule has 0 atom stereocenters. The van der Waals surface area contributed by atoms with E-state index in [0.717, 1.165) is 11.4 Å². The van der Waals surface area contributed by atoms with E-state index in [4.69, 9.17) is 0 Å². The van der Waals surface area contributed by atoms with Crippen molar-refractivity contribution in [2.45, 2.75) is 19.3 Å². The van der Waals surface area contributed by atoms with Crippen molar-refractivity contribution in [2.24, 2.45) is 0 Å². The van der Waals surface area contributed by atoms with Crippen molar-refractivity contribution in [3.63, 3.8) is 0 Å². The Balaban J connectivity index is 1.32. The van der Waals surface area contributed by atoms with Crippen molar-refractivity contribution < 1.29 is 0 Å². The van der Waals surface area contributed by atoms with Crippen LogP contribution in [-0.2, 0) is 5.41 Å². The van der Waals surface area contributed by atoms with Crippen molar-refractivity contribution in [1.29, 1.82) is 0 Å². The molecule has 258 valence electrons. The zero-order valence-electron chi connectivity index (χ0n) is 30.7. The van der Waals surface area contributed by atoms with Crippen molar-refractivity contribution in [1.82, 2.24) is 4.57 Å². The van der Waals surface area contributed by atoms with E-state index in [-0.39, 0.29) is 12.3 Å². The molecule has 0 radical (unpaired) electrons. The lowest BCUT2D eigenvalue weighted by molar-refractivity contribution is 0.662. The predicted molar refractivity (Wildman–Crippen MR) is 232 cm³/mol. The summed E-state index contributed by atoms with van der Waals surface area (Å²) in [4.78, 5) is 5.12. The topological polar surface area (TPSA) is 11.4 Å². The fourth-order valence-electron chi connectivity index (χ4n) is 10.4. The zero-order chi connectivity index (χ0) is 36.4. The van der Waals surface area contributed by atoms with Gasteiger partial charge in [0.25, 0.3) is 0 Å². The molecule has 9 aromatic rings. The maximum atomic E-state index is 2.64. The summed E-state index contributed by atoms with van der Waals surface area (Å²) in [6, 6.07) is 67.4. The molecule has 4 heteroatoms. The van der Waals surface area contributed by atoms with E-state index >= 15 is 0 Å². The van der Waals surface area contributed by atoms with Gasteiger partial charge in [-0.15, -0.1) is 0 Å². The molecular formula is C51H36BN3. The maximum Gasteiger partial charge on any atom is 0.333 e. The van der Waals surface area contributed by atoms with Crippen LogP contribution >= 0.6 is 0 Å². The number of aromatic nitrogens is 1. The first-order chi connectivity index (χ1) is 27.1. The summed E-state index contributed by atoms with van der Waals surface area (Å²) in [7, 11) is 0. The molecule has 0 saturated carbocycles. The quantitative estimate of drug-likeness (QED) is 0.169. The Morgan fingerprint density at radius 2 is 1.18 bits per heavy atom. The van der Waals surface area contributed by atoms with Gasteiger partial charge in [-0.05, 0) is 99.4 Å². The van der Waals surface area contributed by atoms with E-state index in [1.165, 1.54) is 88.9 Å². The van der Waals surface area contributed by atoms with Gasteiger partial charge in [0.1, 0.15) is 0 Å². The van der Waals surface area contributed by atoms with E-state index in [1.54, 1.807) is 0 Å². The van der Waals surface area contributed by atoms with Gasteiger partial charge in [0, 0.05) is 50.2 Å². The SMILES string of the molecule is CC1(C)c2ccccc2-c2ccc3c(c21)-c1cc(N(c2ccccc2)c2ccccc2)c2c4ccccc4n4c2c1B(c1ccccc1-4)N3c1ccccc1. The Morgan fingerprint density at radius 1 is 0.545 bits per heavy atom. The predicted octanol–water partition coefficient (Wildman–Crippen LogP) is 11.8. The molecule has 3 nitrogen and oxygen atoms in total. The molecule has 0 N–H and O–H groups in total. The molecule has 8 aromatic carbocycles. The maximum absolute atomic E-state index is 2.64. The minimum absolute atomic E-state index is 0.0405. The van der Waals surface area contributed by atoms with E-state index in [9.17, 15) is 0 Å². The van der Waals surface area contributed by atoms with Gasteiger partial charge in [0.05, 0.1) is 16.7 Å². The van der Waals surface area contributed by atoms with E-state index < -0.39 is 0 Å². The van der Waals surface area contributed by atoms with Gasteiger partial charge in [-0.1, -0.05) is 135 Å². The monoisotopic (exact) mass is 701 g/mol. The van der Waals surface area contributed by atoms with Gasteiger partial charge in [-0.2, -0.15) is 0 Å². The number of fused-ring (bicyclic) bond motifs is 12. The standard InChI is InChI=1S/C51H36BN3/c1-51(2)40-26-14-12-24-36(40)37-30-31-44-46(48(37)51)39-32-45(53(33-18-6-3-7-19-33)34-20-8-4-9-21-34)47-38-25-13-16-28-42(38)54-43-29-17-15-27-41(43)52(49(39)50(47)54)55(44)35-22-10-5-11-23-35/h3-32H,1-2H3. The summed E-state index contributed by atoms with van der Waals surface area (Å²) in [5.41, 5.74) is 20.2. The van der Waals surface area contributed by atoms with Crippen LogP contribution in [0.15, 0.2) is 182 Å². The summed E-state index contributed by atoms with van der Waals surface area (Å²) in [6.45, 7) is 4.81. The lowest BCUT2D eigenvalue weighted by atomic mass is 9.43.